The van der Waals surface area contributed by atoms with Crippen LogP contribution in [0.2, 0.25) is 0 Å². The third-order valence-electron chi connectivity index (χ3n) is 0.393. The lowest BCUT2D eigenvalue weighted by Gasteiger charge is -2.15. The van der Waals surface area contributed by atoms with Crippen LogP contribution < -0.4 is 4.72 Å². The Morgan fingerprint density at radius 3 is 1.88 bits per heavy atom. The quantitative estimate of drug-likeness (QED) is 0.517. The minimum Gasteiger partial charge on any atom is -0.294 e. The first-order valence-electron chi connectivity index (χ1n) is 2.30. The normalized spacial score (nSPS) is 16.0. The second-order valence-corrected chi connectivity index (χ2v) is 3.30. The van der Waals surface area contributed by atoms with Gasteiger partial charge in [0.2, 0.25) is 11.3 Å². The lowest BCUT2D eigenvalue weighted by Crippen LogP contribution is -2.36. The molecule has 0 aliphatic carbocycles. The van der Waals surface area contributed by atoms with Gasteiger partial charge in [-0.1, -0.05) is 0 Å². The smallest absolute Gasteiger partial charge is 0.232 e. The van der Waals surface area contributed by atoms with E-state index in [0.717, 1.165) is 0 Å². The number of hydrogen-bond acceptors (Lipinski definition) is 1. The molecule has 0 aliphatic rings. The van der Waals surface area contributed by atoms with Crippen LogP contribution in [0.5, 0.6) is 0 Å². The molecule has 0 saturated carbocycles. The number of hydrogen-bond donors (Lipinski definition) is 2. The maximum atomic E-state index is 10.0. The molecule has 0 fully saturated rings. The Morgan fingerprint density at radius 1 is 1.50 bits per heavy atom. The molecule has 0 heterocycles. The van der Waals surface area contributed by atoms with E-state index in [1.165, 1.54) is 0 Å². The minimum absolute atomic E-state index is 0.278. The van der Waals surface area contributed by atoms with Gasteiger partial charge < -0.3 is 0 Å². The largest absolute Gasteiger partial charge is 0.294 e. The number of nitrogens with one attached hydrogen (secondary N) is 1. The zero-order chi connectivity index (χ0) is 6.78. The Kier molecular flexibility index (Phi) is 2.59. The maximum Gasteiger partial charge on any atom is 0.232 e. The van der Waals surface area contributed by atoms with Gasteiger partial charge in [-0.25, -0.2) is 8.93 Å². The van der Waals surface area contributed by atoms with Crippen molar-refractivity contribution in [2.24, 2.45) is 0 Å². The van der Waals surface area contributed by atoms with E-state index in [1.54, 1.807) is 0 Å². The summed E-state index contributed by atoms with van der Waals surface area (Å²) in [6, 6.07) is 0. The molecule has 50 valence electrons. The first-order valence-corrected chi connectivity index (χ1v) is 3.41. The second kappa shape index (κ2) is 2.57. The topological polar surface area (TPSA) is 49.3 Å². The van der Waals surface area contributed by atoms with Gasteiger partial charge in [0.25, 0.3) is 0 Å². The molecule has 0 saturated heterocycles. The molecule has 0 bridgehead atoms. The fourth-order valence-electron chi connectivity index (χ4n) is 0.262. The van der Waals surface area contributed by atoms with Crippen LogP contribution in [-0.2, 0) is 11.3 Å². The summed E-state index contributed by atoms with van der Waals surface area (Å²) in [7, 11) is 0. The summed E-state index contributed by atoms with van der Waals surface area (Å²) >= 11 is -1.89. The highest BCUT2D eigenvalue weighted by Crippen LogP contribution is 1.97. The van der Waals surface area contributed by atoms with Gasteiger partial charge in [0, 0.05) is 5.54 Å². The molecular weight excluding hydrogens is 126 g/mol. The van der Waals surface area contributed by atoms with Crippen molar-refractivity contribution >= 4 is 11.3 Å². The van der Waals surface area contributed by atoms with Gasteiger partial charge in [-0.05, 0) is 20.8 Å². The molecule has 1 atom stereocenters. The monoisotopic (exact) mass is 137 g/mol. The molecule has 3 nitrogen and oxygen atoms in total. The van der Waals surface area contributed by atoms with E-state index in [0.29, 0.717) is 0 Å². The van der Waals surface area contributed by atoms with Gasteiger partial charge >= 0.3 is 0 Å². The molecule has 0 aromatic rings. The van der Waals surface area contributed by atoms with Crippen molar-refractivity contribution in [1.29, 1.82) is 0 Å². The first-order chi connectivity index (χ1) is 3.42. The average molecular weight is 137 g/mol. The van der Waals surface area contributed by atoms with Crippen LogP contribution in [0.4, 0.5) is 0 Å². The van der Waals surface area contributed by atoms with Crippen LogP contribution in [0.15, 0.2) is 0 Å². The van der Waals surface area contributed by atoms with Crippen LogP contribution in [0.3, 0.4) is 0 Å². The van der Waals surface area contributed by atoms with Crippen LogP contribution in [0.1, 0.15) is 20.8 Å². The highest BCUT2D eigenvalue weighted by molar-refractivity contribution is 7.77. The molecule has 0 spiro atoms. The summed E-state index contributed by atoms with van der Waals surface area (Å²) in [5, 5.41) is 0. The van der Waals surface area contributed by atoms with Gasteiger partial charge in [-0.15, -0.1) is 0 Å². The van der Waals surface area contributed by atoms with E-state index < -0.39 is 11.3 Å². The first kappa shape index (κ1) is 8.07. The molecule has 1 unspecified atom stereocenters. The third kappa shape index (κ3) is 6.07. The van der Waals surface area contributed by atoms with Crippen molar-refractivity contribution in [3.63, 3.8) is 0 Å². The van der Waals surface area contributed by atoms with Crippen LogP contribution in [0, 0.1) is 0 Å². The van der Waals surface area contributed by atoms with Crippen LogP contribution in [-0.4, -0.2) is 14.3 Å². The molecule has 8 heavy (non-hydrogen) atoms. The Labute approximate surface area is 51.9 Å². The highest BCUT2D eigenvalue weighted by atomic mass is 32.2. The molecule has 0 amide bonds. The maximum absolute atomic E-state index is 10.0. The minimum atomic E-state index is -1.89. The fourth-order valence-corrected chi connectivity index (χ4v) is 0.786. The summed E-state index contributed by atoms with van der Waals surface area (Å²) < 4.78 is 20.7. The molecule has 0 radical (unpaired) electrons. The van der Waals surface area contributed by atoms with Crippen molar-refractivity contribution in [2.45, 2.75) is 26.3 Å². The summed E-state index contributed by atoms with van der Waals surface area (Å²) in [4.78, 5) is 0. The van der Waals surface area contributed by atoms with Gasteiger partial charge in [-0.3, -0.25) is 4.55 Å². The van der Waals surface area contributed by atoms with Crippen molar-refractivity contribution in [2.75, 3.05) is 0 Å². The zero-order valence-electron chi connectivity index (χ0n) is 5.26. The van der Waals surface area contributed by atoms with Gasteiger partial charge in [0.1, 0.15) is 0 Å². The van der Waals surface area contributed by atoms with E-state index in [4.69, 9.17) is 4.55 Å². The van der Waals surface area contributed by atoms with E-state index >= 15 is 0 Å². The van der Waals surface area contributed by atoms with E-state index in [-0.39, 0.29) is 5.54 Å². The van der Waals surface area contributed by atoms with Gasteiger partial charge in [0.05, 0.1) is 0 Å². The van der Waals surface area contributed by atoms with Crippen LogP contribution in [0.25, 0.3) is 0 Å². The molecule has 0 aromatic heterocycles. The summed E-state index contributed by atoms with van der Waals surface area (Å²) in [6.07, 6.45) is 0. The molecule has 0 aliphatic heterocycles. The Morgan fingerprint density at radius 2 is 1.88 bits per heavy atom. The van der Waals surface area contributed by atoms with Crippen molar-refractivity contribution < 1.29 is 8.76 Å². The van der Waals surface area contributed by atoms with Crippen molar-refractivity contribution in [1.82, 2.24) is 4.72 Å². The molecule has 0 aromatic carbocycles. The fraction of sp³-hybridized carbons (Fsp3) is 1.00. The SMILES string of the molecule is CC(C)(C)NS(=O)O. The zero-order valence-corrected chi connectivity index (χ0v) is 6.08. The average Bonchev–Trinajstić information content (AvgIpc) is 1.21. The summed E-state index contributed by atoms with van der Waals surface area (Å²) in [5.74, 6) is 0. The highest BCUT2D eigenvalue weighted by Gasteiger charge is 2.10. The lowest BCUT2D eigenvalue weighted by molar-refractivity contribution is 0.476. The predicted molar refractivity (Wildman–Crippen MR) is 33.7 cm³/mol. The number of rotatable bonds is 1. The third-order valence-corrected chi connectivity index (χ3v) is 1.18. The lowest BCUT2D eigenvalue weighted by atomic mass is 10.1. The Bertz CT molecular complexity index is 96.7. The second-order valence-electron chi connectivity index (χ2n) is 2.60. The molecule has 0 rings (SSSR count). The Balaban J connectivity index is 3.55. The predicted octanol–water partition coefficient (Wildman–Crippen LogP) is 0.511. The van der Waals surface area contributed by atoms with Gasteiger partial charge in [0.15, 0.2) is 0 Å². The van der Waals surface area contributed by atoms with Gasteiger partial charge in [-0.2, -0.15) is 0 Å². The standard InChI is InChI=1S/C4H11NO2S/c1-4(2,3)5-8(6)7/h5H,1-3H3,(H,6,7). The summed E-state index contributed by atoms with van der Waals surface area (Å²) in [6.45, 7) is 5.46. The van der Waals surface area contributed by atoms with Crippen molar-refractivity contribution in [3.8, 4) is 0 Å². The molecule has 4 heteroatoms. The van der Waals surface area contributed by atoms with E-state index in [1.807, 2.05) is 20.8 Å². The molecule has 2 N–H and O–H groups in total. The van der Waals surface area contributed by atoms with E-state index in [9.17, 15) is 4.21 Å². The van der Waals surface area contributed by atoms with E-state index in [2.05, 4.69) is 4.72 Å². The summed E-state index contributed by atoms with van der Waals surface area (Å²) in [5.41, 5.74) is -0.278. The van der Waals surface area contributed by atoms with Crippen LogP contribution >= 0.6 is 0 Å². The Hall–Kier alpha value is 0.0700. The molecular formula is C4H11NO2S. The van der Waals surface area contributed by atoms with Crippen molar-refractivity contribution in [3.05, 3.63) is 0 Å².